The SMILES string of the molecule is O=C(CN1CCOCC1)N1CCN(C(=O)c2cn[nH]c2-c2ccc3c(c2)OCCO3)CC1. The Morgan fingerprint density at radius 1 is 0.906 bits per heavy atom. The summed E-state index contributed by atoms with van der Waals surface area (Å²) in [6, 6.07) is 5.60. The first kappa shape index (κ1) is 20.8. The minimum Gasteiger partial charge on any atom is -0.486 e. The van der Waals surface area contributed by atoms with Crippen LogP contribution in [0.5, 0.6) is 11.5 Å². The number of carbonyl (C=O) groups is 2. The zero-order chi connectivity index (χ0) is 21.9. The lowest BCUT2D eigenvalue weighted by molar-refractivity contribution is -0.134. The van der Waals surface area contributed by atoms with Crippen molar-refractivity contribution in [1.82, 2.24) is 24.9 Å². The number of aromatic nitrogens is 2. The van der Waals surface area contributed by atoms with Crippen molar-refractivity contribution in [3.05, 3.63) is 30.0 Å². The average molecular weight is 441 g/mol. The fourth-order valence-corrected chi connectivity index (χ4v) is 4.25. The summed E-state index contributed by atoms with van der Waals surface area (Å²) in [5.74, 6) is 1.38. The second kappa shape index (κ2) is 9.17. The molecule has 2 amide bonds. The standard InChI is InChI=1S/C22H27N5O5/c28-20(15-25-7-9-30-10-8-25)26-3-5-27(6-4-26)22(29)17-14-23-24-21(17)16-1-2-18-19(13-16)32-12-11-31-18/h1-2,13-14H,3-12,15H2,(H,23,24). The lowest BCUT2D eigenvalue weighted by atomic mass is 10.1. The number of rotatable bonds is 4. The van der Waals surface area contributed by atoms with E-state index < -0.39 is 0 Å². The highest BCUT2D eigenvalue weighted by atomic mass is 16.6. The van der Waals surface area contributed by atoms with Gasteiger partial charge >= 0.3 is 0 Å². The number of nitrogens with zero attached hydrogens (tertiary/aromatic N) is 4. The number of fused-ring (bicyclic) bond motifs is 1. The lowest BCUT2D eigenvalue weighted by Gasteiger charge is -2.36. The number of ether oxygens (including phenoxy) is 3. The molecule has 5 rings (SSSR count). The molecule has 3 aliphatic heterocycles. The van der Waals surface area contributed by atoms with Gasteiger partial charge < -0.3 is 24.0 Å². The third-order valence-electron chi connectivity index (χ3n) is 6.08. The van der Waals surface area contributed by atoms with Crippen LogP contribution in [-0.4, -0.2) is 109 Å². The highest BCUT2D eigenvalue weighted by molar-refractivity contribution is 6.00. The molecule has 0 radical (unpaired) electrons. The molecule has 0 saturated carbocycles. The number of morpholine rings is 1. The molecular formula is C22H27N5O5. The Morgan fingerprint density at radius 2 is 1.62 bits per heavy atom. The molecule has 0 aliphatic carbocycles. The summed E-state index contributed by atoms with van der Waals surface area (Å²) >= 11 is 0. The minimum atomic E-state index is -0.0936. The van der Waals surface area contributed by atoms with Crippen LogP contribution in [0.25, 0.3) is 11.3 Å². The van der Waals surface area contributed by atoms with Crippen molar-refractivity contribution in [3.8, 4) is 22.8 Å². The van der Waals surface area contributed by atoms with Gasteiger partial charge in [0.05, 0.1) is 37.2 Å². The van der Waals surface area contributed by atoms with Crippen LogP contribution in [0.15, 0.2) is 24.4 Å². The predicted octanol–water partition coefficient (Wildman–Crippen LogP) is 0.465. The quantitative estimate of drug-likeness (QED) is 0.736. The van der Waals surface area contributed by atoms with Crippen LogP contribution < -0.4 is 9.47 Å². The molecule has 32 heavy (non-hydrogen) atoms. The van der Waals surface area contributed by atoms with E-state index in [0.717, 1.165) is 18.7 Å². The topological polar surface area (TPSA) is 100 Å². The van der Waals surface area contributed by atoms with E-state index in [0.29, 0.717) is 81.9 Å². The Morgan fingerprint density at radius 3 is 2.41 bits per heavy atom. The van der Waals surface area contributed by atoms with E-state index in [1.807, 2.05) is 23.1 Å². The largest absolute Gasteiger partial charge is 0.486 e. The summed E-state index contributed by atoms with van der Waals surface area (Å²) in [6.45, 7) is 6.42. The molecule has 0 unspecified atom stereocenters. The van der Waals surface area contributed by atoms with Crippen molar-refractivity contribution >= 4 is 11.8 Å². The van der Waals surface area contributed by atoms with E-state index in [-0.39, 0.29) is 11.8 Å². The van der Waals surface area contributed by atoms with Crippen LogP contribution in [0.1, 0.15) is 10.4 Å². The summed E-state index contributed by atoms with van der Waals surface area (Å²) in [5, 5.41) is 7.06. The summed E-state index contributed by atoms with van der Waals surface area (Å²) in [5.41, 5.74) is 1.97. The summed E-state index contributed by atoms with van der Waals surface area (Å²) in [6.07, 6.45) is 1.56. The third kappa shape index (κ3) is 4.28. The summed E-state index contributed by atoms with van der Waals surface area (Å²) < 4.78 is 16.6. The average Bonchev–Trinajstić information content (AvgIpc) is 3.34. The van der Waals surface area contributed by atoms with Crippen molar-refractivity contribution in [3.63, 3.8) is 0 Å². The van der Waals surface area contributed by atoms with Gasteiger partial charge in [-0.25, -0.2) is 0 Å². The molecule has 10 heteroatoms. The van der Waals surface area contributed by atoms with Crippen molar-refractivity contribution in [2.24, 2.45) is 0 Å². The number of H-pyrrole nitrogens is 1. The predicted molar refractivity (Wildman–Crippen MR) is 115 cm³/mol. The molecule has 0 bridgehead atoms. The molecule has 4 heterocycles. The van der Waals surface area contributed by atoms with E-state index in [9.17, 15) is 9.59 Å². The number of piperazine rings is 1. The van der Waals surface area contributed by atoms with Gasteiger partial charge in [-0.3, -0.25) is 19.6 Å². The number of amides is 2. The van der Waals surface area contributed by atoms with E-state index in [1.54, 1.807) is 11.1 Å². The molecule has 10 nitrogen and oxygen atoms in total. The van der Waals surface area contributed by atoms with E-state index in [1.165, 1.54) is 0 Å². The van der Waals surface area contributed by atoms with Gasteiger partial charge in [-0.2, -0.15) is 5.10 Å². The van der Waals surface area contributed by atoms with Crippen molar-refractivity contribution in [1.29, 1.82) is 0 Å². The summed E-state index contributed by atoms with van der Waals surface area (Å²) in [4.78, 5) is 31.6. The molecule has 0 spiro atoms. The zero-order valence-electron chi connectivity index (χ0n) is 17.9. The molecule has 1 N–H and O–H groups in total. The first-order valence-corrected chi connectivity index (χ1v) is 11.0. The first-order valence-electron chi connectivity index (χ1n) is 11.0. The maximum atomic E-state index is 13.2. The van der Waals surface area contributed by atoms with Crippen LogP contribution >= 0.6 is 0 Å². The highest BCUT2D eigenvalue weighted by Gasteiger charge is 2.28. The van der Waals surface area contributed by atoms with Gasteiger partial charge in [0.1, 0.15) is 13.2 Å². The monoisotopic (exact) mass is 441 g/mol. The molecule has 3 aliphatic rings. The Hall–Kier alpha value is -3.11. The van der Waals surface area contributed by atoms with Gasteiger partial charge in [0, 0.05) is 44.8 Å². The number of carbonyl (C=O) groups excluding carboxylic acids is 2. The van der Waals surface area contributed by atoms with Gasteiger partial charge in [0.2, 0.25) is 5.91 Å². The third-order valence-corrected chi connectivity index (χ3v) is 6.08. The van der Waals surface area contributed by atoms with Crippen LogP contribution in [-0.2, 0) is 9.53 Å². The molecule has 0 atom stereocenters. The van der Waals surface area contributed by atoms with Gasteiger partial charge in [-0.1, -0.05) is 0 Å². The second-order valence-corrected chi connectivity index (χ2v) is 8.08. The molecule has 1 aromatic carbocycles. The number of nitrogens with one attached hydrogen (secondary N) is 1. The Labute approximate surface area is 186 Å². The van der Waals surface area contributed by atoms with E-state index in [4.69, 9.17) is 14.2 Å². The Kier molecular flexibility index (Phi) is 5.95. The Balaban J connectivity index is 1.22. The molecule has 2 fully saturated rings. The van der Waals surface area contributed by atoms with Gasteiger partial charge in [-0.05, 0) is 18.2 Å². The minimum absolute atomic E-state index is 0.0936. The number of benzene rings is 1. The van der Waals surface area contributed by atoms with Crippen LogP contribution in [0, 0.1) is 0 Å². The molecule has 1 aromatic heterocycles. The van der Waals surface area contributed by atoms with Crippen LogP contribution in [0.3, 0.4) is 0 Å². The number of aromatic amines is 1. The summed E-state index contributed by atoms with van der Waals surface area (Å²) in [7, 11) is 0. The lowest BCUT2D eigenvalue weighted by Crippen LogP contribution is -2.53. The maximum absolute atomic E-state index is 13.2. The normalized spacial score (nSPS) is 19.1. The van der Waals surface area contributed by atoms with Crippen molar-refractivity contribution in [2.75, 3.05) is 72.2 Å². The van der Waals surface area contributed by atoms with Gasteiger partial charge in [0.15, 0.2) is 11.5 Å². The van der Waals surface area contributed by atoms with E-state index >= 15 is 0 Å². The maximum Gasteiger partial charge on any atom is 0.257 e. The molecular weight excluding hydrogens is 414 g/mol. The Bertz CT molecular complexity index is 979. The van der Waals surface area contributed by atoms with Crippen molar-refractivity contribution in [2.45, 2.75) is 0 Å². The van der Waals surface area contributed by atoms with Crippen molar-refractivity contribution < 1.29 is 23.8 Å². The zero-order valence-corrected chi connectivity index (χ0v) is 17.9. The van der Waals surface area contributed by atoms with Crippen LogP contribution in [0.4, 0.5) is 0 Å². The fraction of sp³-hybridized carbons (Fsp3) is 0.500. The number of hydrogen-bond donors (Lipinski definition) is 1. The molecule has 2 saturated heterocycles. The first-order chi connectivity index (χ1) is 15.7. The molecule has 170 valence electrons. The fourth-order valence-electron chi connectivity index (χ4n) is 4.25. The number of hydrogen-bond acceptors (Lipinski definition) is 7. The highest BCUT2D eigenvalue weighted by Crippen LogP contribution is 2.35. The van der Waals surface area contributed by atoms with Gasteiger partial charge in [0.25, 0.3) is 5.91 Å². The van der Waals surface area contributed by atoms with Gasteiger partial charge in [-0.15, -0.1) is 0 Å². The second-order valence-electron chi connectivity index (χ2n) is 8.08. The van der Waals surface area contributed by atoms with E-state index in [2.05, 4.69) is 15.1 Å². The smallest absolute Gasteiger partial charge is 0.257 e. The molecule has 2 aromatic rings. The van der Waals surface area contributed by atoms with Crippen LogP contribution in [0.2, 0.25) is 0 Å².